The lowest BCUT2D eigenvalue weighted by molar-refractivity contribution is -0.129. The molecule has 0 radical (unpaired) electrons. The number of nitrogens with zero attached hydrogens (tertiary/aromatic N) is 2. The van der Waals surface area contributed by atoms with E-state index in [0.29, 0.717) is 11.6 Å². The number of hydrogen-bond acceptors (Lipinski definition) is 4. The minimum atomic E-state index is -0.387. The molecule has 2 aromatic rings. The molecule has 0 aliphatic carbocycles. The Bertz CT molecular complexity index is 752. The minimum absolute atomic E-state index is 0.363. The summed E-state index contributed by atoms with van der Waals surface area (Å²) in [6, 6.07) is 8.43. The van der Waals surface area contributed by atoms with Crippen molar-refractivity contribution in [2.24, 2.45) is 0 Å². The van der Waals surface area contributed by atoms with Crippen LogP contribution in [0.1, 0.15) is 83.6 Å². The fraction of sp³-hybridized carbons (Fsp3) is 0.500. The first kappa shape index (κ1) is 23.8. The van der Waals surface area contributed by atoms with E-state index in [4.69, 9.17) is 4.74 Å². The Hall–Kier alpha value is -2.49. The zero-order valence-electron chi connectivity index (χ0n) is 18.6. The maximum absolute atomic E-state index is 11.8. The van der Waals surface area contributed by atoms with Gasteiger partial charge in [-0.3, -0.25) is 0 Å². The number of ether oxygens (including phenoxy) is 1. The summed E-state index contributed by atoms with van der Waals surface area (Å²) in [4.78, 5) is 20.5. The Morgan fingerprint density at radius 3 is 2.20 bits per heavy atom. The summed E-state index contributed by atoms with van der Waals surface area (Å²) >= 11 is 0. The van der Waals surface area contributed by atoms with Crippen LogP contribution in [0.4, 0.5) is 0 Å². The average molecular weight is 409 g/mol. The van der Waals surface area contributed by atoms with Crippen LogP contribution < -0.4 is 4.74 Å². The van der Waals surface area contributed by atoms with E-state index in [0.717, 1.165) is 24.8 Å². The lowest BCUT2D eigenvalue weighted by atomic mass is 10.0. The van der Waals surface area contributed by atoms with Crippen molar-refractivity contribution in [3.8, 4) is 17.1 Å². The molecular weight excluding hydrogens is 372 g/mol. The highest BCUT2D eigenvalue weighted by Gasteiger charge is 2.05. The van der Waals surface area contributed by atoms with Gasteiger partial charge in [0.15, 0.2) is 11.6 Å². The van der Waals surface area contributed by atoms with Gasteiger partial charge < -0.3 is 4.74 Å². The molecule has 0 fully saturated rings. The zero-order chi connectivity index (χ0) is 21.4. The molecule has 30 heavy (non-hydrogen) atoms. The lowest BCUT2D eigenvalue weighted by Gasteiger charge is -2.05. The van der Waals surface area contributed by atoms with Gasteiger partial charge in [-0.1, -0.05) is 89.1 Å². The molecule has 0 unspecified atom stereocenters. The van der Waals surface area contributed by atoms with Crippen LogP contribution in [0.3, 0.4) is 0 Å². The first-order valence-corrected chi connectivity index (χ1v) is 11.5. The van der Waals surface area contributed by atoms with Gasteiger partial charge in [0.05, 0.1) is 12.4 Å². The van der Waals surface area contributed by atoms with Crippen molar-refractivity contribution in [1.29, 1.82) is 0 Å². The standard InChI is InChI=1S/C26H36N2O2/c1-3-5-7-9-11-12-14-22-16-18-23(19-17-22)26-27-20-24(21-28-26)30-25(29)15-13-10-8-6-4-2/h13,15-21H,3-12,14H2,1-2H3. The molecule has 162 valence electrons. The topological polar surface area (TPSA) is 52.1 Å². The van der Waals surface area contributed by atoms with E-state index in [1.165, 1.54) is 63.0 Å². The first-order valence-electron chi connectivity index (χ1n) is 11.5. The molecule has 0 spiro atoms. The van der Waals surface area contributed by atoms with Crippen molar-refractivity contribution in [3.63, 3.8) is 0 Å². The second-order valence-corrected chi connectivity index (χ2v) is 7.78. The molecule has 0 N–H and O–H groups in total. The molecule has 4 nitrogen and oxygen atoms in total. The summed E-state index contributed by atoms with van der Waals surface area (Å²) < 4.78 is 5.26. The van der Waals surface area contributed by atoms with Crippen LogP contribution in [0.5, 0.6) is 5.75 Å². The number of aryl methyl sites for hydroxylation is 1. The highest BCUT2D eigenvalue weighted by atomic mass is 16.5. The molecule has 1 aromatic carbocycles. The number of hydrogen-bond donors (Lipinski definition) is 0. The van der Waals surface area contributed by atoms with E-state index in [1.54, 1.807) is 12.4 Å². The van der Waals surface area contributed by atoms with Crippen molar-refractivity contribution in [1.82, 2.24) is 9.97 Å². The molecule has 0 saturated carbocycles. The molecule has 0 aliphatic rings. The quantitative estimate of drug-likeness (QED) is 0.190. The van der Waals surface area contributed by atoms with E-state index in [-0.39, 0.29) is 5.97 Å². The van der Waals surface area contributed by atoms with Crippen LogP contribution >= 0.6 is 0 Å². The molecule has 2 rings (SSSR count). The predicted molar refractivity (Wildman–Crippen MR) is 123 cm³/mol. The predicted octanol–water partition coefficient (Wildman–Crippen LogP) is 7.09. The summed E-state index contributed by atoms with van der Waals surface area (Å²) in [6.07, 6.45) is 19.8. The number of rotatable bonds is 14. The van der Waals surface area contributed by atoms with Crippen LogP contribution in [0.25, 0.3) is 11.4 Å². The van der Waals surface area contributed by atoms with Crippen molar-refractivity contribution >= 4 is 5.97 Å². The maximum Gasteiger partial charge on any atom is 0.335 e. The van der Waals surface area contributed by atoms with Crippen molar-refractivity contribution in [2.45, 2.75) is 84.5 Å². The van der Waals surface area contributed by atoms with Crippen LogP contribution in [0, 0.1) is 0 Å². The number of unbranched alkanes of at least 4 members (excludes halogenated alkanes) is 8. The average Bonchev–Trinajstić information content (AvgIpc) is 2.77. The Labute approximate surface area is 181 Å². The third-order valence-electron chi connectivity index (χ3n) is 5.11. The lowest BCUT2D eigenvalue weighted by Crippen LogP contribution is -2.04. The van der Waals surface area contributed by atoms with Crippen LogP contribution in [0.2, 0.25) is 0 Å². The van der Waals surface area contributed by atoms with E-state index in [9.17, 15) is 4.79 Å². The molecule has 0 bridgehead atoms. The van der Waals surface area contributed by atoms with Gasteiger partial charge >= 0.3 is 5.97 Å². The Balaban J connectivity index is 1.78. The van der Waals surface area contributed by atoms with Crippen LogP contribution in [-0.2, 0) is 11.2 Å². The molecule has 0 atom stereocenters. The van der Waals surface area contributed by atoms with Gasteiger partial charge in [-0.25, -0.2) is 14.8 Å². The summed E-state index contributed by atoms with van der Waals surface area (Å²) in [5.41, 5.74) is 2.32. The Kier molecular flexibility index (Phi) is 11.5. The van der Waals surface area contributed by atoms with Gasteiger partial charge in [-0.15, -0.1) is 0 Å². The third kappa shape index (κ3) is 9.34. The van der Waals surface area contributed by atoms with Crippen LogP contribution in [-0.4, -0.2) is 15.9 Å². The van der Waals surface area contributed by atoms with Crippen LogP contribution in [0.15, 0.2) is 48.8 Å². The third-order valence-corrected chi connectivity index (χ3v) is 5.11. The van der Waals surface area contributed by atoms with Gasteiger partial charge in [-0.05, 0) is 31.2 Å². The number of aromatic nitrogens is 2. The summed E-state index contributed by atoms with van der Waals surface area (Å²) in [5.74, 6) is 0.611. The summed E-state index contributed by atoms with van der Waals surface area (Å²) in [5, 5.41) is 0. The molecule has 4 heteroatoms. The molecule has 1 aromatic heterocycles. The second kappa shape index (κ2) is 14.5. The zero-order valence-corrected chi connectivity index (χ0v) is 18.6. The Morgan fingerprint density at radius 2 is 1.50 bits per heavy atom. The maximum atomic E-state index is 11.8. The largest absolute Gasteiger partial charge is 0.420 e. The highest BCUT2D eigenvalue weighted by Crippen LogP contribution is 2.19. The molecule has 0 amide bonds. The smallest absolute Gasteiger partial charge is 0.335 e. The SMILES string of the molecule is CCCCCC=CC(=O)Oc1cnc(-c2ccc(CCCCCCCC)cc2)nc1. The van der Waals surface area contributed by atoms with Crippen molar-refractivity contribution in [3.05, 3.63) is 54.4 Å². The van der Waals surface area contributed by atoms with Gasteiger partial charge in [0.2, 0.25) is 0 Å². The molecule has 1 heterocycles. The molecular formula is C26H36N2O2. The second-order valence-electron chi connectivity index (χ2n) is 7.78. The number of carbonyl (C=O) groups is 1. The van der Waals surface area contributed by atoms with Gasteiger partial charge in [0.25, 0.3) is 0 Å². The van der Waals surface area contributed by atoms with E-state index in [2.05, 4.69) is 48.1 Å². The number of benzene rings is 1. The normalized spacial score (nSPS) is 11.1. The summed E-state index contributed by atoms with van der Waals surface area (Å²) in [6.45, 7) is 4.41. The van der Waals surface area contributed by atoms with Crippen molar-refractivity contribution < 1.29 is 9.53 Å². The highest BCUT2D eigenvalue weighted by molar-refractivity contribution is 5.83. The molecule has 0 aliphatic heterocycles. The van der Waals surface area contributed by atoms with Gasteiger partial charge in [0.1, 0.15) is 0 Å². The minimum Gasteiger partial charge on any atom is -0.420 e. The molecule has 0 saturated heterocycles. The number of carbonyl (C=O) groups excluding carboxylic acids is 1. The Morgan fingerprint density at radius 1 is 0.867 bits per heavy atom. The van der Waals surface area contributed by atoms with E-state index in [1.807, 2.05) is 6.08 Å². The van der Waals surface area contributed by atoms with E-state index >= 15 is 0 Å². The van der Waals surface area contributed by atoms with Crippen molar-refractivity contribution in [2.75, 3.05) is 0 Å². The fourth-order valence-corrected chi connectivity index (χ4v) is 3.29. The van der Waals surface area contributed by atoms with Gasteiger partial charge in [0, 0.05) is 11.6 Å². The number of allylic oxidation sites excluding steroid dienone is 1. The first-order chi connectivity index (χ1) is 14.7. The monoisotopic (exact) mass is 408 g/mol. The van der Waals surface area contributed by atoms with Gasteiger partial charge in [-0.2, -0.15) is 0 Å². The van der Waals surface area contributed by atoms with E-state index < -0.39 is 0 Å². The number of esters is 1. The fourth-order valence-electron chi connectivity index (χ4n) is 3.29. The summed E-state index contributed by atoms with van der Waals surface area (Å²) in [7, 11) is 0.